The minimum atomic E-state index is -0.671. The Morgan fingerprint density at radius 3 is 2.68 bits per heavy atom. The SMILES string of the molecule is CCC(c1ccc(C)cc1)N1CCC(CC(=O)O)C1. The third-order valence-corrected chi connectivity index (χ3v) is 4.07. The lowest BCUT2D eigenvalue weighted by Gasteiger charge is -2.27. The smallest absolute Gasteiger partial charge is 0.303 e. The molecule has 3 heteroatoms. The number of hydrogen-bond acceptors (Lipinski definition) is 2. The number of rotatable bonds is 5. The summed E-state index contributed by atoms with van der Waals surface area (Å²) >= 11 is 0. The van der Waals surface area contributed by atoms with Crippen LogP contribution < -0.4 is 0 Å². The Kier molecular flexibility index (Phi) is 4.59. The van der Waals surface area contributed by atoms with Gasteiger partial charge in [0.1, 0.15) is 0 Å². The van der Waals surface area contributed by atoms with Crippen LogP contribution >= 0.6 is 0 Å². The lowest BCUT2D eigenvalue weighted by atomic mass is 10.0. The van der Waals surface area contributed by atoms with Gasteiger partial charge in [0.15, 0.2) is 0 Å². The minimum absolute atomic E-state index is 0.306. The fraction of sp³-hybridized carbons (Fsp3) is 0.562. The van der Waals surface area contributed by atoms with E-state index in [2.05, 4.69) is 43.0 Å². The maximum atomic E-state index is 10.8. The molecule has 1 saturated heterocycles. The third-order valence-electron chi connectivity index (χ3n) is 4.07. The number of nitrogens with zero attached hydrogens (tertiary/aromatic N) is 1. The zero-order valence-electron chi connectivity index (χ0n) is 11.8. The lowest BCUT2D eigenvalue weighted by Crippen LogP contribution is -2.26. The summed E-state index contributed by atoms with van der Waals surface area (Å²) in [6, 6.07) is 9.15. The van der Waals surface area contributed by atoms with Gasteiger partial charge >= 0.3 is 5.97 Å². The summed E-state index contributed by atoms with van der Waals surface area (Å²) in [7, 11) is 0. The van der Waals surface area contributed by atoms with Crippen LogP contribution in [0.25, 0.3) is 0 Å². The number of likely N-dealkylation sites (tertiary alicyclic amines) is 1. The van der Waals surface area contributed by atoms with Crippen molar-refractivity contribution in [3.05, 3.63) is 35.4 Å². The molecule has 0 bridgehead atoms. The van der Waals surface area contributed by atoms with Crippen molar-refractivity contribution in [3.8, 4) is 0 Å². The number of hydrogen-bond donors (Lipinski definition) is 1. The van der Waals surface area contributed by atoms with E-state index in [1.54, 1.807) is 0 Å². The van der Waals surface area contributed by atoms with Crippen molar-refractivity contribution in [2.24, 2.45) is 5.92 Å². The van der Waals surface area contributed by atoms with E-state index in [-0.39, 0.29) is 0 Å². The van der Waals surface area contributed by atoms with E-state index in [1.165, 1.54) is 11.1 Å². The van der Waals surface area contributed by atoms with Gasteiger partial charge in [0.25, 0.3) is 0 Å². The van der Waals surface area contributed by atoms with E-state index in [4.69, 9.17) is 5.11 Å². The van der Waals surface area contributed by atoms with Crippen LogP contribution in [0, 0.1) is 12.8 Å². The van der Waals surface area contributed by atoms with Crippen LogP contribution in [0.4, 0.5) is 0 Å². The summed E-state index contributed by atoms with van der Waals surface area (Å²) in [5.41, 5.74) is 2.63. The number of aryl methyl sites for hydroxylation is 1. The van der Waals surface area contributed by atoms with E-state index < -0.39 is 5.97 Å². The van der Waals surface area contributed by atoms with Crippen molar-refractivity contribution in [1.82, 2.24) is 4.90 Å². The molecule has 0 amide bonds. The predicted molar refractivity (Wildman–Crippen MR) is 76.1 cm³/mol. The standard InChI is InChI=1S/C16H23NO2/c1-3-15(14-6-4-12(2)5-7-14)17-9-8-13(11-17)10-16(18)19/h4-7,13,15H,3,8-11H2,1-2H3,(H,18,19). The van der Waals surface area contributed by atoms with E-state index in [1.807, 2.05) is 0 Å². The Morgan fingerprint density at radius 2 is 2.11 bits per heavy atom. The summed E-state index contributed by atoms with van der Waals surface area (Å²) in [5.74, 6) is -0.354. The lowest BCUT2D eigenvalue weighted by molar-refractivity contribution is -0.138. The second-order valence-corrected chi connectivity index (χ2v) is 5.58. The number of carbonyl (C=O) groups is 1. The van der Waals surface area contributed by atoms with Crippen LogP contribution in [0.1, 0.15) is 43.4 Å². The normalized spacial score (nSPS) is 21.5. The van der Waals surface area contributed by atoms with Crippen LogP contribution in [0.3, 0.4) is 0 Å². The van der Waals surface area contributed by atoms with Crippen LogP contribution in [-0.2, 0) is 4.79 Å². The quantitative estimate of drug-likeness (QED) is 0.884. The summed E-state index contributed by atoms with van der Waals surface area (Å²) < 4.78 is 0. The fourth-order valence-electron chi connectivity index (χ4n) is 3.05. The summed E-state index contributed by atoms with van der Waals surface area (Å²) in [6.07, 6.45) is 2.39. The summed E-state index contributed by atoms with van der Waals surface area (Å²) in [5, 5.41) is 8.88. The molecule has 2 rings (SSSR count). The molecule has 1 aromatic rings. The van der Waals surface area contributed by atoms with Gasteiger partial charge in [0.2, 0.25) is 0 Å². The van der Waals surface area contributed by atoms with E-state index in [0.717, 1.165) is 25.9 Å². The Morgan fingerprint density at radius 1 is 1.42 bits per heavy atom. The number of benzene rings is 1. The van der Waals surface area contributed by atoms with E-state index in [0.29, 0.717) is 18.4 Å². The van der Waals surface area contributed by atoms with E-state index in [9.17, 15) is 4.79 Å². The zero-order valence-corrected chi connectivity index (χ0v) is 11.8. The Bertz CT molecular complexity index is 427. The molecule has 1 heterocycles. The maximum Gasteiger partial charge on any atom is 0.303 e. The van der Waals surface area contributed by atoms with Crippen LogP contribution in [0.2, 0.25) is 0 Å². The average Bonchev–Trinajstić information content (AvgIpc) is 2.80. The molecular weight excluding hydrogens is 238 g/mol. The Labute approximate surface area is 115 Å². The second-order valence-electron chi connectivity index (χ2n) is 5.58. The second kappa shape index (κ2) is 6.20. The zero-order chi connectivity index (χ0) is 13.8. The topological polar surface area (TPSA) is 40.5 Å². The number of aliphatic carboxylic acids is 1. The molecule has 104 valence electrons. The first-order valence-corrected chi connectivity index (χ1v) is 7.12. The van der Waals surface area contributed by atoms with Crippen molar-refractivity contribution in [2.45, 2.75) is 39.2 Å². The molecule has 0 spiro atoms. The van der Waals surface area contributed by atoms with Gasteiger partial charge in [-0.05, 0) is 37.8 Å². The number of carboxylic acid groups (broad SMARTS) is 1. The molecule has 1 aromatic carbocycles. The molecule has 0 radical (unpaired) electrons. The van der Waals surface area contributed by atoms with Crippen molar-refractivity contribution >= 4 is 5.97 Å². The summed E-state index contributed by atoms with van der Waals surface area (Å²) in [6.45, 7) is 6.24. The molecular formula is C16H23NO2. The molecule has 2 atom stereocenters. The molecule has 3 nitrogen and oxygen atoms in total. The molecule has 2 unspecified atom stereocenters. The minimum Gasteiger partial charge on any atom is -0.481 e. The molecule has 1 N–H and O–H groups in total. The molecule has 19 heavy (non-hydrogen) atoms. The molecule has 0 aliphatic carbocycles. The molecule has 1 aliphatic heterocycles. The van der Waals surface area contributed by atoms with Crippen LogP contribution in [-0.4, -0.2) is 29.1 Å². The first kappa shape index (κ1) is 14.1. The fourth-order valence-corrected chi connectivity index (χ4v) is 3.05. The number of carboxylic acids is 1. The van der Waals surface area contributed by atoms with Gasteiger partial charge < -0.3 is 5.11 Å². The predicted octanol–water partition coefficient (Wildman–Crippen LogP) is 3.24. The van der Waals surface area contributed by atoms with Crippen LogP contribution in [0.15, 0.2) is 24.3 Å². The first-order valence-electron chi connectivity index (χ1n) is 7.12. The molecule has 1 aliphatic rings. The third kappa shape index (κ3) is 3.57. The average molecular weight is 261 g/mol. The van der Waals surface area contributed by atoms with Gasteiger partial charge in [-0.25, -0.2) is 0 Å². The highest BCUT2D eigenvalue weighted by molar-refractivity contribution is 5.67. The highest BCUT2D eigenvalue weighted by atomic mass is 16.4. The van der Waals surface area contributed by atoms with Crippen molar-refractivity contribution in [1.29, 1.82) is 0 Å². The molecule has 0 aromatic heterocycles. The van der Waals surface area contributed by atoms with Gasteiger partial charge in [0.05, 0.1) is 0 Å². The van der Waals surface area contributed by atoms with Crippen molar-refractivity contribution in [3.63, 3.8) is 0 Å². The van der Waals surface area contributed by atoms with E-state index >= 15 is 0 Å². The summed E-state index contributed by atoms with van der Waals surface area (Å²) in [4.78, 5) is 13.2. The first-order chi connectivity index (χ1) is 9.10. The van der Waals surface area contributed by atoms with Crippen molar-refractivity contribution in [2.75, 3.05) is 13.1 Å². The Balaban J connectivity index is 2.03. The largest absolute Gasteiger partial charge is 0.481 e. The Hall–Kier alpha value is -1.35. The van der Waals surface area contributed by atoms with Gasteiger partial charge in [-0.2, -0.15) is 0 Å². The van der Waals surface area contributed by atoms with Gasteiger partial charge in [-0.1, -0.05) is 36.8 Å². The molecule has 0 saturated carbocycles. The van der Waals surface area contributed by atoms with Gasteiger partial charge in [-0.15, -0.1) is 0 Å². The van der Waals surface area contributed by atoms with Gasteiger partial charge in [-0.3, -0.25) is 9.69 Å². The van der Waals surface area contributed by atoms with Gasteiger partial charge in [0, 0.05) is 19.0 Å². The monoisotopic (exact) mass is 261 g/mol. The van der Waals surface area contributed by atoms with Crippen molar-refractivity contribution < 1.29 is 9.90 Å². The highest BCUT2D eigenvalue weighted by Gasteiger charge is 2.29. The highest BCUT2D eigenvalue weighted by Crippen LogP contribution is 2.31. The van der Waals surface area contributed by atoms with Crippen LogP contribution in [0.5, 0.6) is 0 Å². The molecule has 1 fully saturated rings. The maximum absolute atomic E-state index is 10.8.